The van der Waals surface area contributed by atoms with Crippen molar-refractivity contribution in [1.82, 2.24) is 19.7 Å². The fourth-order valence-corrected chi connectivity index (χ4v) is 6.61. The Bertz CT molecular complexity index is 1430. The molecule has 1 amide bonds. The van der Waals surface area contributed by atoms with E-state index in [0.717, 1.165) is 33.8 Å². The lowest BCUT2D eigenvalue weighted by molar-refractivity contribution is 0.0522. The Labute approximate surface area is 214 Å². The number of likely N-dealkylation sites (tertiary alicyclic amines) is 1. The number of ether oxygens (including phenoxy) is 1. The third-order valence-electron chi connectivity index (χ3n) is 7.26. The van der Waals surface area contributed by atoms with Gasteiger partial charge in [-0.15, -0.1) is 11.3 Å². The van der Waals surface area contributed by atoms with E-state index in [0.29, 0.717) is 59.7 Å². The summed E-state index contributed by atoms with van der Waals surface area (Å²) in [4.78, 5) is 34.3. The number of ketones is 1. The monoisotopic (exact) mass is 497 g/mol. The van der Waals surface area contributed by atoms with E-state index in [2.05, 4.69) is 30.9 Å². The number of rotatable bonds is 3. The summed E-state index contributed by atoms with van der Waals surface area (Å²) in [6, 6.07) is 3.35. The molecule has 1 aliphatic heterocycles. The highest BCUT2D eigenvalue weighted by Gasteiger charge is 2.44. The number of Topliss-reactive ketones (excluding diaryl/α,β-unsaturated/α-hetero) is 1. The number of fused-ring (bicyclic) bond motifs is 2. The maximum Gasteiger partial charge on any atom is 0.254 e. The minimum Gasteiger partial charge on any atom is -0.492 e. The molecule has 0 unspecified atom stereocenters. The van der Waals surface area contributed by atoms with Crippen LogP contribution in [0.15, 0.2) is 12.1 Å². The lowest BCUT2D eigenvalue weighted by atomic mass is 9.68. The van der Waals surface area contributed by atoms with Crippen LogP contribution in [0.3, 0.4) is 0 Å². The lowest BCUT2D eigenvalue weighted by Crippen LogP contribution is -2.46. The molecule has 1 saturated heterocycles. The maximum absolute atomic E-state index is 13.6. The number of hydrogen-bond donors (Lipinski definition) is 0. The number of thiazole rings is 1. The first-order chi connectivity index (χ1) is 17.7. The maximum atomic E-state index is 13.6. The van der Waals surface area contributed by atoms with E-state index in [1.54, 1.807) is 30.4 Å². The first-order valence-electron chi connectivity index (χ1n) is 13.7. The summed E-state index contributed by atoms with van der Waals surface area (Å²) in [5, 5.41) is 5.82. The van der Waals surface area contributed by atoms with Crippen LogP contribution in [-0.4, -0.2) is 51.1 Å². The van der Waals surface area contributed by atoms with Crippen molar-refractivity contribution in [2.45, 2.75) is 65.7 Å². The Morgan fingerprint density at radius 1 is 1.26 bits per heavy atom. The van der Waals surface area contributed by atoms with Crippen molar-refractivity contribution in [3.05, 3.63) is 39.0 Å². The van der Waals surface area contributed by atoms with E-state index in [9.17, 15) is 9.59 Å². The fraction of sp³-hybridized carbons (Fsp3) is 0.556. The Balaban J connectivity index is 1.38. The van der Waals surface area contributed by atoms with Gasteiger partial charge in [-0.1, -0.05) is 20.8 Å². The zero-order chi connectivity index (χ0) is 27.6. The second-order valence-corrected chi connectivity index (χ2v) is 12.0. The normalized spacial score (nSPS) is 19.4. The van der Waals surface area contributed by atoms with Gasteiger partial charge in [0.25, 0.3) is 5.91 Å². The zero-order valence-corrected chi connectivity index (χ0v) is 21.8. The summed E-state index contributed by atoms with van der Waals surface area (Å²) in [6.07, 6.45) is 2.81. The van der Waals surface area contributed by atoms with Crippen LogP contribution < -0.4 is 4.74 Å². The van der Waals surface area contributed by atoms with Crippen molar-refractivity contribution in [1.29, 1.82) is 0 Å². The SMILES string of the molecule is [2H]C([2H])([2H])n1nc(C)c2cc(C(=O)N3CCC4(CC3)CC(=O)c3nc(C(C)(C)C)sc3C4)cc(OCC)c21. The summed E-state index contributed by atoms with van der Waals surface area (Å²) in [7, 11) is 0. The number of amides is 1. The van der Waals surface area contributed by atoms with Crippen LogP contribution in [0.1, 0.15) is 87.5 Å². The standard InChI is InChI=1S/C27H34N4O3S/c1-7-34-20-13-17(12-18-16(2)29-30(6)23(18)20)24(33)31-10-8-27(9-11-31)14-19(32)22-21(15-27)35-25(28-22)26(3,4)5/h12-13H,7-11,14-15H2,1-6H3/i6D3. The average molecular weight is 498 g/mol. The average Bonchev–Trinajstić information content (AvgIpc) is 3.41. The number of piperidine rings is 1. The molecule has 1 spiro atoms. The minimum atomic E-state index is -2.46. The highest BCUT2D eigenvalue weighted by atomic mass is 32.1. The first kappa shape index (κ1) is 20.5. The molecule has 1 aliphatic carbocycles. The molecular formula is C27H34N4O3S. The van der Waals surface area contributed by atoms with Gasteiger partial charge < -0.3 is 9.64 Å². The molecule has 35 heavy (non-hydrogen) atoms. The van der Waals surface area contributed by atoms with Gasteiger partial charge in [-0.05, 0) is 50.7 Å². The Kier molecular flexibility index (Phi) is 4.93. The predicted molar refractivity (Wildman–Crippen MR) is 138 cm³/mol. The van der Waals surface area contributed by atoms with Crippen LogP contribution in [-0.2, 0) is 18.8 Å². The van der Waals surface area contributed by atoms with Crippen molar-refractivity contribution in [2.75, 3.05) is 19.7 Å². The Morgan fingerprint density at radius 2 is 2.00 bits per heavy atom. The lowest BCUT2D eigenvalue weighted by Gasteiger charge is -2.43. The highest BCUT2D eigenvalue weighted by Crippen LogP contribution is 2.46. The zero-order valence-electron chi connectivity index (χ0n) is 24.0. The highest BCUT2D eigenvalue weighted by molar-refractivity contribution is 7.12. The molecule has 3 aromatic rings. The van der Waals surface area contributed by atoms with Gasteiger partial charge in [0.05, 0.1) is 17.3 Å². The molecule has 3 heterocycles. The van der Waals surface area contributed by atoms with Gasteiger partial charge in [0.1, 0.15) is 17.0 Å². The molecule has 0 N–H and O–H groups in total. The van der Waals surface area contributed by atoms with Gasteiger partial charge in [-0.3, -0.25) is 14.3 Å². The van der Waals surface area contributed by atoms with Gasteiger partial charge in [-0.2, -0.15) is 5.10 Å². The fourth-order valence-electron chi connectivity index (χ4n) is 5.30. The predicted octanol–water partition coefficient (Wildman–Crippen LogP) is 5.09. The number of benzene rings is 1. The van der Waals surface area contributed by atoms with Crippen LogP contribution in [0, 0.1) is 12.3 Å². The van der Waals surface area contributed by atoms with E-state index in [1.165, 1.54) is 0 Å². The summed E-state index contributed by atoms with van der Waals surface area (Å²) in [5.41, 5.74) is 1.76. The summed E-state index contributed by atoms with van der Waals surface area (Å²) >= 11 is 1.66. The van der Waals surface area contributed by atoms with Crippen LogP contribution in [0.25, 0.3) is 10.9 Å². The molecule has 186 valence electrons. The smallest absolute Gasteiger partial charge is 0.254 e. The first-order valence-corrected chi connectivity index (χ1v) is 13.0. The van der Waals surface area contributed by atoms with Crippen molar-refractivity contribution >= 4 is 33.9 Å². The van der Waals surface area contributed by atoms with Gasteiger partial charge in [0.15, 0.2) is 5.78 Å². The third kappa shape index (κ3) is 4.15. The van der Waals surface area contributed by atoms with Crippen LogP contribution in [0.4, 0.5) is 0 Å². The molecule has 0 saturated carbocycles. The third-order valence-corrected chi connectivity index (χ3v) is 8.74. The van der Waals surface area contributed by atoms with E-state index >= 15 is 0 Å². The summed E-state index contributed by atoms with van der Waals surface area (Å²) in [5.74, 6) is 0.328. The van der Waals surface area contributed by atoms with E-state index in [-0.39, 0.29) is 22.5 Å². The van der Waals surface area contributed by atoms with Crippen LogP contribution in [0.5, 0.6) is 5.75 Å². The molecular weight excluding hydrogens is 460 g/mol. The van der Waals surface area contributed by atoms with Crippen molar-refractivity contribution in [3.8, 4) is 5.75 Å². The number of hydrogen-bond acceptors (Lipinski definition) is 6. The van der Waals surface area contributed by atoms with Crippen molar-refractivity contribution < 1.29 is 18.4 Å². The summed E-state index contributed by atoms with van der Waals surface area (Å²) < 4.78 is 30.4. The van der Waals surface area contributed by atoms with Crippen molar-refractivity contribution in [2.24, 2.45) is 12.4 Å². The number of carbonyl (C=O) groups excluding carboxylic acids is 2. The molecule has 2 aromatic heterocycles. The molecule has 5 rings (SSSR count). The number of carbonyl (C=O) groups is 2. The number of aryl methyl sites for hydroxylation is 2. The number of aromatic nitrogens is 3. The molecule has 1 aromatic carbocycles. The van der Waals surface area contributed by atoms with Crippen LogP contribution in [0.2, 0.25) is 0 Å². The Morgan fingerprint density at radius 3 is 2.66 bits per heavy atom. The van der Waals surface area contributed by atoms with Gasteiger partial charge in [0, 0.05) is 51.8 Å². The molecule has 2 aliphatic rings. The second-order valence-electron chi connectivity index (χ2n) is 10.9. The van der Waals surface area contributed by atoms with Gasteiger partial charge in [-0.25, -0.2) is 4.98 Å². The van der Waals surface area contributed by atoms with E-state index in [4.69, 9.17) is 8.85 Å². The van der Waals surface area contributed by atoms with Gasteiger partial charge >= 0.3 is 0 Å². The van der Waals surface area contributed by atoms with E-state index < -0.39 is 6.98 Å². The van der Waals surface area contributed by atoms with Gasteiger partial charge in [0.2, 0.25) is 0 Å². The topological polar surface area (TPSA) is 77.3 Å². The molecule has 7 nitrogen and oxygen atoms in total. The number of nitrogens with zero attached hydrogens (tertiary/aromatic N) is 4. The largest absolute Gasteiger partial charge is 0.492 e. The molecule has 1 fully saturated rings. The molecule has 0 radical (unpaired) electrons. The van der Waals surface area contributed by atoms with Crippen molar-refractivity contribution in [3.63, 3.8) is 0 Å². The minimum absolute atomic E-state index is 0.0922. The van der Waals surface area contributed by atoms with Crippen LogP contribution >= 0.6 is 11.3 Å². The molecule has 0 atom stereocenters. The molecule has 0 bridgehead atoms. The quantitative estimate of drug-likeness (QED) is 0.504. The second kappa shape index (κ2) is 8.43. The van der Waals surface area contributed by atoms with E-state index in [1.807, 2.05) is 11.8 Å². The Hall–Kier alpha value is -2.74. The summed E-state index contributed by atoms with van der Waals surface area (Å²) in [6.45, 7) is 8.88. The molecule has 8 heteroatoms.